The molecule has 2 aromatic carbocycles. The smallest absolute Gasteiger partial charge is 0.328 e. The Hall–Kier alpha value is -2.40. The van der Waals surface area contributed by atoms with Crippen molar-refractivity contribution in [1.29, 1.82) is 0 Å². The van der Waals surface area contributed by atoms with Gasteiger partial charge in [-0.15, -0.1) is 0 Å². The van der Waals surface area contributed by atoms with E-state index in [0.29, 0.717) is 12.1 Å². The molecule has 156 valence electrons. The summed E-state index contributed by atoms with van der Waals surface area (Å²) in [5.74, 6) is 0.102. The molecule has 0 fully saturated rings. The Labute approximate surface area is 173 Å². The van der Waals surface area contributed by atoms with E-state index in [-0.39, 0.29) is 18.4 Å². The summed E-state index contributed by atoms with van der Waals surface area (Å²) in [6, 6.07) is 13.1. The molecule has 1 unspecified atom stereocenters. The second-order valence-corrected chi connectivity index (χ2v) is 6.68. The van der Waals surface area contributed by atoms with Crippen LogP contribution in [0.1, 0.15) is 50.3 Å². The molecule has 0 saturated carbocycles. The molecule has 29 heavy (non-hydrogen) atoms. The van der Waals surface area contributed by atoms with Crippen LogP contribution in [0.3, 0.4) is 0 Å². The quantitative estimate of drug-likeness (QED) is 0.349. The van der Waals surface area contributed by atoms with Crippen molar-refractivity contribution in [2.75, 3.05) is 13.7 Å². The van der Waals surface area contributed by atoms with Crippen LogP contribution in [-0.2, 0) is 16.1 Å². The van der Waals surface area contributed by atoms with Crippen LogP contribution in [-0.4, -0.2) is 24.6 Å². The van der Waals surface area contributed by atoms with Gasteiger partial charge >= 0.3 is 5.97 Å². The maximum absolute atomic E-state index is 13.5. The monoisotopic (exact) mass is 399 g/mol. The third kappa shape index (κ3) is 7.17. The summed E-state index contributed by atoms with van der Waals surface area (Å²) < 4.78 is 24.0. The zero-order chi connectivity index (χ0) is 21.1. The number of methoxy groups -OCH3 is 1. The highest BCUT2D eigenvalue weighted by atomic mass is 19.1. The van der Waals surface area contributed by atoms with Crippen molar-refractivity contribution in [2.24, 2.45) is 0 Å². The van der Waals surface area contributed by atoms with Gasteiger partial charge < -0.3 is 9.47 Å². The first-order chi connectivity index (χ1) is 14.1. The molecule has 0 aliphatic carbocycles. The first-order valence-electron chi connectivity index (χ1n) is 10.0. The topological polar surface area (TPSA) is 38.8 Å². The first-order valence-corrected chi connectivity index (χ1v) is 10.0. The lowest BCUT2D eigenvalue weighted by Crippen LogP contribution is -2.33. The molecule has 0 amide bonds. The van der Waals surface area contributed by atoms with Crippen LogP contribution in [0.25, 0.3) is 0 Å². The maximum atomic E-state index is 13.5. The number of unbranched alkanes of at least 4 members (excludes halogenated alkanes) is 3. The van der Waals surface area contributed by atoms with E-state index in [1.54, 1.807) is 26.2 Å². The van der Waals surface area contributed by atoms with Gasteiger partial charge in [-0.2, -0.15) is 0 Å². The summed E-state index contributed by atoms with van der Waals surface area (Å²) in [6.45, 7) is 6.75. The van der Waals surface area contributed by atoms with E-state index in [1.807, 2.05) is 35.7 Å². The van der Waals surface area contributed by atoms with Crippen LogP contribution in [0.4, 0.5) is 4.39 Å². The van der Waals surface area contributed by atoms with Crippen molar-refractivity contribution in [3.63, 3.8) is 0 Å². The number of benzene rings is 2. The molecule has 4 nitrogen and oxygen atoms in total. The van der Waals surface area contributed by atoms with E-state index >= 15 is 0 Å². The molecule has 2 rings (SSSR count). The van der Waals surface area contributed by atoms with Crippen molar-refractivity contribution in [2.45, 2.75) is 45.7 Å². The number of rotatable bonds is 12. The second-order valence-electron chi connectivity index (χ2n) is 6.68. The van der Waals surface area contributed by atoms with Crippen LogP contribution in [0.15, 0.2) is 48.5 Å². The standard InChI is InChI=1S/C24H30FNO3/c1-4-6-7-8-17-26(18-19-9-15-22(28-3)16-10-19)23(24(27)29-5-2)20-11-13-21(25)14-12-20/h6,9-17,23H,4-5,7-8,18H2,1-3H3. The number of carbonyl (C=O) groups excluding carboxylic acids is 1. The minimum absolute atomic E-state index is 0.288. The van der Waals surface area contributed by atoms with Gasteiger partial charge in [-0.25, -0.2) is 9.18 Å². The Balaban J connectivity index is 2.30. The van der Waals surface area contributed by atoms with Crippen molar-refractivity contribution >= 4 is 5.97 Å². The van der Waals surface area contributed by atoms with Gasteiger partial charge in [-0.05, 0) is 61.6 Å². The normalized spacial score (nSPS) is 12.0. The molecule has 2 aromatic rings. The van der Waals surface area contributed by atoms with Gasteiger partial charge in [0.15, 0.2) is 0 Å². The SMILES string of the molecule is CC[CH]CC[CH]N(Cc1ccc(OC)cc1)C(C(=O)OCC)c1ccc(F)cc1. The zero-order valence-electron chi connectivity index (χ0n) is 17.4. The molecule has 0 bridgehead atoms. The minimum Gasteiger partial charge on any atom is -0.497 e. The molecule has 0 heterocycles. The van der Waals surface area contributed by atoms with Crippen LogP contribution in [0.2, 0.25) is 0 Å². The number of ether oxygens (including phenoxy) is 2. The van der Waals surface area contributed by atoms with Gasteiger partial charge in [0.2, 0.25) is 0 Å². The third-order valence-electron chi connectivity index (χ3n) is 4.57. The van der Waals surface area contributed by atoms with Gasteiger partial charge in [-0.3, -0.25) is 4.90 Å². The van der Waals surface area contributed by atoms with Crippen LogP contribution in [0.5, 0.6) is 5.75 Å². The highest BCUT2D eigenvalue weighted by molar-refractivity contribution is 5.77. The molecule has 0 aliphatic heterocycles. The number of esters is 1. The fraction of sp³-hybridized carbons (Fsp3) is 0.375. The highest BCUT2D eigenvalue weighted by Gasteiger charge is 2.29. The van der Waals surface area contributed by atoms with Crippen LogP contribution >= 0.6 is 0 Å². The molecular formula is C24H30FNO3. The molecule has 0 N–H and O–H groups in total. The molecule has 0 aromatic heterocycles. The summed E-state index contributed by atoms with van der Waals surface area (Å²) in [5, 5.41) is 0. The molecule has 0 saturated heterocycles. The fourth-order valence-electron chi connectivity index (χ4n) is 3.09. The Bertz CT molecular complexity index is 731. The lowest BCUT2D eigenvalue weighted by molar-refractivity contribution is -0.149. The van der Waals surface area contributed by atoms with E-state index in [4.69, 9.17) is 9.47 Å². The van der Waals surface area contributed by atoms with Crippen LogP contribution < -0.4 is 4.74 Å². The first kappa shape index (κ1) is 22.9. The summed E-state index contributed by atoms with van der Waals surface area (Å²) in [6.07, 6.45) is 4.95. The van der Waals surface area contributed by atoms with Gasteiger partial charge in [0.25, 0.3) is 0 Å². The Morgan fingerprint density at radius 1 is 1.07 bits per heavy atom. The van der Waals surface area contributed by atoms with Crippen LogP contribution in [0, 0.1) is 18.8 Å². The summed E-state index contributed by atoms with van der Waals surface area (Å²) in [4.78, 5) is 14.8. The Morgan fingerprint density at radius 3 is 2.34 bits per heavy atom. The Kier molecular flexibility index (Phi) is 9.65. The number of nitrogens with zero attached hydrogens (tertiary/aromatic N) is 1. The van der Waals surface area contributed by atoms with Gasteiger partial charge in [-0.1, -0.05) is 37.6 Å². The molecule has 1 atom stereocenters. The summed E-state index contributed by atoms with van der Waals surface area (Å²) in [5.41, 5.74) is 1.74. The third-order valence-corrected chi connectivity index (χ3v) is 4.57. The van der Waals surface area contributed by atoms with Crippen molar-refractivity contribution < 1.29 is 18.7 Å². The Morgan fingerprint density at radius 2 is 1.76 bits per heavy atom. The highest BCUT2D eigenvalue weighted by Crippen LogP contribution is 2.28. The number of hydrogen-bond donors (Lipinski definition) is 0. The predicted octanol–water partition coefficient (Wildman–Crippen LogP) is 5.50. The summed E-state index contributed by atoms with van der Waals surface area (Å²) in [7, 11) is 1.63. The van der Waals surface area contributed by atoms with E-state index in [2.05, 4.69) is 13.3 Å². The predicted molar refractivity (Wildman–Crippen MR) is 112 cm³/mol. The molecule has 2 radical (unpaired) electrons. The van der Waals surface area contributed by atoms with E-state index in [1.165, 1.54) is 12.1 Å². The van der Waals surface area contributed by atoms with E-state index < -0.39 is 6.04 Å². The average molecular weight is 400 g/mol. The van der Waals surface area contributed by atoms with Gasteiger partial charge in [0, 0.05) is 13.1 Å². The number of carbonyl (C=O) groups is 1. The molecule has 5 heteroatoms. The largest absolute Gasteiger partial charge is 0.497 e. The maximum Gasteiger partial charge on any atom is 0.328 e. The molecule has 0 aliphatic rings. The molecular weight excluding hydrogens is 369 g/mol. The minimum atomic E-state index is -0.640. The zero-order valence-corrected chi connectivity index (χ0v) is 17.4. The number of hydrogen-bond acceptors (Lipinski definition) is 4. The average Bonchev–Trinajstić information content (AvgIpc) is 2.73. The van der Waals surface area contributed by atoms with Crippen molar-refractivity contribution in [3.8, 4) is 5.75 Å². The van der Waals surface area contributed by atoms with Crippen molar-refractivity contribution in [3.05, 3.63) is 78.4 Å². The van der Waals surface area contributed by atoms with E-state index in [0.717, 1.165) is 30.6 Å². The fourth-order valence-corrected chi connectivity index (χ4v) is 3.09. The molecule has 0 spiro atoms. The van der Waals surface area contributed by atoms with E-state index in [9.17, 15) is 9.18 Å². The summed E-state index contributed by atoms with van der Waals surface area (Å²) >= 11 is 0. The second kappa shape index (κ2) is 12.2. The van der Waals surface area contributed by atoms with Gasteiger partial charge in [0.1, 0.15) is 17.6 Å². The number of halogens is 1. The lowest BCUT2D eigenvalue weighted by atomic mass is 10.0. The van der Waals surface area contributed by atoms with Gasteiger partial charge in [0.05, 0.1) is 13.7 Å². The lowest BCUT2D eigenvalue weighted by Gasteiger charge is -2.30. The van der Waals surface area contributed by atoms with Crippen molar-refractivity contribution in [1.82, 2.24) is 4.90 Å².